The van der Waals surface area contributed by atoms with E-state index in [2.05, 4.69) is 258 Å². The molecule has 418 valence electrons. The van der Waals surface area contributed by atoms with Crippen molar-refractivity contribution in [2.24, 2.45) is 0 Å². The minimum atomic E-state index is -0.361. The maximum Gasteiger partial charge on any atom is 0.137 e. The summed E-state index contributed by atoms with van der Waals surface area (Å²) in [6.07, 6.45) is 1.83. The Bertz CT molecular complexity index is 3810. The second-order valence-electron chi connectivity index (χ2n) is 26.4. The summed E-state index contributed by atoms with van der Waals surface area (Å²) in [7, 11) is 0. The van der Waals surface area contributed by atoms with Crippen LogP contribution in [-0.4, -0.2) is 31.2 Å². The average Bonchev–Trinajstić information content (AvgIpc) is 4.21. The average molecular weight is 1250 g/mol. The van der Waals surface area contributed by atoms with Gasteiger partial charge in [0.25, 0.3) is 0 Å². The molecule has 0 fully saturated rings. The van der Waals surface area contributed by atoms with Crippen LogP contribution in [0.4, 0.5) is 22.7 Å². The van der Waals surface area contributed by atoms with Crippen LogP contribution in [0.25, 0.3) is 61.3 Å². The molecule has 0 aliphatic carbocycles. The minimum Gasteiger partial charge on any atom is -0.508 e. The van der Waals surface area contributed by atoms with Gasteiger partial charge in [-0.3, -0.25) is 0 Å². The third-order valence-corrected chi connectivity index (χ3v) is 15.2. The van der Waals surface area contributed by atoms with Gasteiger partial charge in [-0.2, -0.15) is 6.07 Å². The zero-order valence-electron chi connectivity index (χ0n) is 50.1. The fraction of sp³-hybridized carbons (Fsp3) is 0.292. The summed E-state index contributed by atoms with van der Waals surface area (Å²) in [6.45, 7) is 33.8. The van der Waals surface area contributed by atoms with Crippen LogP contribution in [0.3, 0.4) is 0 Å². The fourth-order valence-corrected chi connectivity index (χ4v) is 10.5. The van der Waals surface area contributed by atoms with Crippen molar-refractivity contribution in [1.29, 1.82) is 0 Å². The first-order valence-corrected chi connectivity index (χ1v) is 27.7. The summed E-state index contributed by atoms with van der Waals surface area (Å²) >= 11 is 0. The zero-order chi connectivity index (χ0) is 56.0. The van der Waals surface area contributed by atoms with Gasteiger partial charge in [-0.15, -0.1) is 35.7 Å². The number of ether oxygens (including phenoxy) is 1. The van der Waals surface area contributed by atoms with E-state index in [1.165, 1.54) is 16.7 Å². The van der Waals surface area contributed by atoms with Gasteiger partial charge in [0.05, 0.1) is 23.7 Å². The van der Waals surface area contributed by atoms with Crippen LogP contribution in [-0.2, 0) is 48.1 Å². The van der Waals surface area contributed by atoms with Gasteiger partial charge in [-0.05, 0) is 85.3 Å². The van der Waals surface area contributed by atoms with Crippen molar-refractivity contribution in [3.05, 3.63) is 206 Å². The van der Waals surface area contributed by atoms with E-state index in [9.17, 15) is 0 Å². The Kier molecular flexibility index (Phi) is 15.4. The summed E-state index contributed by atoms with van der Waals surface area (Å²) in [5.74, 6) is 3.73. The number of pyridine rings is 1. The third kappa shape index (κ3) is 11.3. The van der Waals surface area contributed by atoms with Gasteiger partial charge in [0.15, 0.2) is 0 Å². The Balaban J connectivity index is 0.00000396. The molecular formula is C72H76N7OPt-3. The molecule has 0 radical (unpaired) electrons. The molecule has 0 saturated heterocycles. The maximum absolute atomic E-state index is 7.22. The third-order valence-electron chi connectivity index (χ3n) is 15.2. The second kappa shape index (κ2) is 21.5. The van der Waals surface area contributed by atoms with Crippen molar-refractivity contribution in [2.45, 2.75) is 131 Å². The van der Waals surface area contributed by atoms with E-state index in [1.54, 1.807) is 0 Å². The standard InChI is InChI=1S/C71H73N7O.CH3.Pt/c1-67(2,3)47-33-29-45(30-34-47)52-24-21-25-53(46-31-35-48(36-32-46)68(4,5)6)63(52)77-44-76(58-26-16-17-27-59(58)77)50-22-20-23-51(41-50)79-61-43-60-55(42-56(61)64-73-65(70(10,11)12)75-66(74-64)71(13,14)15)54-40-49(69(7,8)9)37-38-57(54)78(60)62-28-18-19-39-72-62;;/h16-40,42H,44H2,1-15H3;1H3;/q-2;-1;. The van der Waals surface area contributed by atoms with Crippen molar-refractivity contribution in [1.82, 2.24) is 24.5 Å². The molecule has 0 amide bonds. The molecule has 1 aliphatic rings. The molecule has 3 aromatic heterocycles. The van der Waals surface area contributed by atoms with Gasteiger partial charge in [0, 0.05) is 66.2 Å². The van der Waals surface area contributed by atoms with E-state index >= 15 is 0 Å². The zero-order valence-corrected chi connectivity index (χ0v) is 52.3. The van der Waals surface area contributed by atoms with Crippen molar-refractivity contribution in [3.63, 3.8) is 0 Å². The molecule has 4 heterocycles. The Morgan fingerprint density at radius 2 is 1.00 bits per heavy atom. The number of rotatable bonds is 8. The van der Waals surface area contributed by atoms with Gasteiger partial charge >= 0.3 is 0 Å². The predicted octanol–water partition coefficient (Wildman–Crippen LogP) is 18.9. The van der Waals surface area contributed by atoms with Crippen LogP contribution >= 0.6 is 0 Å². The molecule has 8 nitrogen and oxygen atoms in total. The first kappa shape index (κ1) is 58.2. The number of benzene rings is 7. The Hall–Kier alpha value is -7.41. The van der Waals surface area contributed by atoms with Gasteiger partial charge in [0.1, 0.15) is 23.3 Å². The molecule has 11 rings (SSSR count). The summed E-state index contributed by atoms with van der Waals surface area (Å²) in [4.78, 5) is 25.3. The van der Waals surface area contributed by atoms with Crippen molar-refractivity contribution in [3.8, 4) is 51.0 Å². The first-order chi connectivity index (χ1) is 37.3. The van der Waals surface area contributed by atoms with Crippen LogP contribution in [0.15, 0.2) is 158 Å². The number of para-hydroxylation sites is 3. The number of aromatic nitrogens is 5. The quantitative estimate of drug-likeness (QED) is 0.140. The number of anilines is 4. The monoisotopic (exact) mass is 1250 g/mol. The Morgan fingerprint density at radius 1 is 0.469 bits per heavy atom. The number of hydrogen-bond acceptors (Lipinski definition) is 7. The smallest absolute Gasteiger partial charge is 0.137 e. The van der Waals surface area contributed by atoms with Crippen LogP contribution in [0, 0.1) is 19.6 Å². The molecule has 7 aromatic carbocycles. The molecule has 0 saturated carbocycles. The molecule has 0 spiro atoms. The predicted molar refractivity (Wildman–Crippen MR) is 334 cm³/mol. The molecular weight excluding hydrogens is 1170 g/mol. The van der Waals surface area contributed by atoms with Gasteiger partial charge in [-0.1, -0.05) is 212 Å². The van der Waals surface area contributed by atoms with Crippen LogP contribution < -0.4 is 14.5 Å². The molecule has 9 heteroatoms. The molecule has 0 N–H and O–H groups in total. The van der Waals surface area contributed by atoms with Crippen molar-refractivity contribution < 1.29 is 25.8 Å². The second-order valence-corrected chi connectivity index (χ2v) is 26.4. The number of nitrogens with zero attached hydrogens (tertiary/aromatic N) is 7. The summed E-state index contributed by atoms with van der Waals surface area (Å²) in [6, 6.07) is 62.4. The van der Waals surface area contributed by atoms with Crippen LogP contribution in [0.5, 0.6) is 11.5 Å². The van der Waals surface area contributed by atoms with E-state index in [0.29, 0.717) is 41.2 Å². The SMILES string of the molecule is CC(C)(C)c1ccc(-c2cccc(-c3ccc(C(C)(C)C)cc3)c2N2CN(c3[c-]c(Oc4[c-]c5c(cc4-c4nc(C(C)(C)C)nc(C(C)(C)C)n4)c4cc(C(C)(C)C)ccc4n5-c4ccccn4)ccc3)c3ccccc32)cc1.[CH3-].[Pt]. The Morgan fingerprint density at radius 3 is 1.53 bits per heavy atom. The number of hydrogen-bond donors (Lipinski definition) is 0. The Labute approximate surface area is 496 Å². The summed E-state index contributed by atoms with van der Waals surface area (Å²) in [5.41, 5.74) is 14.5. The van der Waals surface area contributed by atoms with E-state index < -0.39 is 0 Å². The fourth-order valence-electron chi connectivity index (χ4n) is 10.5. The van der Waals surface area contributed by atoms with Gasteiger partial charge in [0.2, 0.25) is 0 Å². The topological polar surface area (TPSA) is 72.2 Å². The van der Waals surface area contributed by atoms with Crippen molar-refractivity contribution in [2.75, 3.05) is 16.5 Å². The minimum absolute atomic E-state index is 0. The van der Waals surface area contributed by atoms with Gasteiger partial charge < -0.3 is 26.5 Å². The molecule has 0 bridgehead atoms. The van der Waals surface area contributed by atoms with Crippen LogP contribution in [0.2, 0.25) is 0 Å². The van der Waals surface area contributed by atoms with E-state index in [4.69, 9.17) is 24.7 Å². The molecule has 1 aliphatic heterocycles. The largest absolute Gasteiger partial charge is 0.508 e. The molecule has 0 unspecified atom stereocenters. The summed E-state index contributed by atoms with van der Waals surface area (Å²) in [5, 5.41) is 2.07. The van der Waals surface area contributed by atoms with E-state index in [-0.39, 0.29) is 55.6 Å². The molecule has 81 heavy (non-hydrogen) atoms. The first-order valence-electron chi connectivity index (χ1n) is 27.7. The molecule has 0 atom stereocenters. The van der Waals surface area contributed by atoms with Crippen molar-refractivity contribution >= 4 is 44.6 Å². The molecule has 10 aromatic rings. The van der Waals surface area contributed by atoms with Crippen LogP contribution in [0.1, 0.15) is 132 Å². The van der Waals surface area contributed by atoms with E-state index in [1.807, 2.05) is 30.5 Å². The summed E-state index contributed by atoms with van der Waals surface area (Å²) < 4.78 is 9.41. The normalized spacial score (nSPS) is 13.1. The number of fused-ring (bicyclic) bond motifs is 4. The maximum atomic E-state index is 7.22. The van der Waals surface area contributed by atoms with E-state index in [0.717, 1.165) is 72.6 Å². The van der Waals surface area contributed by atoms with Gasteiger partial charge in [-0.25, -0.2) is 19.9 Å².